The second kappa shape index (κ2) is 5.88. The first kappa shape index (κ1) is 13.5. The fraction of sp³-hybridized carbons (Fsp3) is 0.0667. The lowest BCUT2D eigenvalue weighted by atomic mass is 10.2. The molecule has 0 unspecified atom stereocenters. The SMILES string of the molecule is O=C(OCc1csc(-c2ccc(F)cc2)n1)c1ccc[nH]1. The third-order valence-electron chi connectivity index (χ3n) is 2.81. The second-order valence-electron chi connectivity index (χ2n) is 4.31. The maximum Gasteiger partial charge on any atom is 0.355 e. The fourth-order valence-electron chi connectivity index (χ4n) is 1.77. The molecule has 0 radical (unpaired) electrons. The van der Waals surface area contributed by atoms with Crippen LogP contribution < -0.4 is 0 Å². The van der Waals surface area contributed by atoms with Gasteiger partial charge in [0.1, 0.15) is 23.1 Å². The predicted octanol–water partition coefficient (Wildman–Crippen LogP) is 3.63. The number of halogens is 1. The number of carbonyl (C=O) groups is 1. The fourth-order valence-corrected chi connectivity index (χ4v) is 2.58. The summed E-state index contributed by atoms with van der Waals surface area (Å²) in [5.41, 5.74) is 1.91. The number of rotatable bonds is 4. The van der Waals surface area contributed by atoms with Crippen molar-refractivity contribution in [1.82, 2.24) is 9.97 Å². The molecule has 0 amide bonds. The predicted molar refractivity (Wildman–Crippen MR) is 77.4 cm³/mol. The number of thiazole rings is 1. The number of ether oxygens (including phenoxy) is 1. The monoisotopic (exact) mass is 302 g/mol. The Morgan fingerprint density at radius 3 is 2.81 bits per heavy atom. The molecule has 0 bridgehead atoms. The zero-order valence-corrected chi connectivity index (χ0v) is 11.7. The molecule has 2 heterocycles. The highest BCUT2D eigenvalue weighted by Gasteiger charge is 2.10. The minimum atomic E-state index is -0.420. The van der Waals surface area contributed by atoms with E-state index in [4.69, 9.17) is 4.74 Å². The molecule has 4 nitrogen and oxygen atoms in total. The molecule has 1 N–H and O–H groups in total. The zero-order valence-electron chi connectivity index (χ0n) is 10.9. The van der Waals surface area contributed by atoms with E-state index in [1.807, 2.05) is 5.38 Å². The van der Waals surface area contributed by atoms with Crippen molar-refractivity contribution in [3.63, 3.8) is 0 Å². The summed E-state index contributed by atoms with van der Waals surface area (Å²) in [5, 5.41) is 2.58. The van der Waals surface area contributed by atoms with Crippen molar-refractivity contribution in [3.05, 3.63) is 65.2 Å². The van der Waals surface area contributed by atoms with Crippen molar-refractivity contribution in [2.45, 2.75) is 6.61 Å². The summed E-state index contributed by atoms with van der Waals surface area (Å²) in [5.74, 6) is -0.702. The maximum absolute atomic E-state index is 12.9. The molecular formula is C15H11FN2O2S. The molecule has 3 aromatic rings. The Labute approximate surface area is 124 Å². The molecule has 21 heavy (non-hydrogen) atoms. The van der Waals surface area contributed by atoms with Crippen LogP contribution in [0.1, 0.15) is 16.2 Å². The van der Waals surface area contributed by atoms with Crippen LogP contribution in [0, 0.1) is 5.82 Å². The van der Waals surface area contributed by atoms with Crippen molar-refractivity contribution in [2.75, 3.05) is 0 Å². The van der Waals surface area contributed by atoms with Gasteiger partial charge in [0.25, 0.3) is 0 Å². The number of carbonyl (C=O) groups excluding carboxylic acids is 1. The molecule has 0 atom stereocenters. The van der Waals surface area contributed by atoms with E-state index in [1.54, 1.807) is 30.5 Å². The van der Waals surface area contributed by atoms with E-state index in [1.165, 1.54) is 23.5 Å². The molecule has 6 heteroatoms. The quantitative estimate of drug-likeness (QED) is 0.749. The lowest BCUT2D eigenvalue weighted by molar-refractivity contribution is 0.0462. The molecule has 0 aliphatic carbocycles. The first-order valence-corrected chi connectivity index (χ1v) is 7.11. The molecule has 0 aliphatic rings. The summed E-state index contributed by atoms with van der Waals surface area (Å²) >= 11 is 1.42. The highest BCUT2D eigenvalue weighted by Crippen LogP contribution is 2.24. The summed E-state index contributed by atoms with van der Waals surface area (Å²) in [6.45, 7) is 0.107. The van der Waals surface area contributed by atoms with Gasteiger partial charge >= 0.3 is 5.97 Å². The van der Waals surface area contributed by atoms with Crippen LogP contribution in [0.3, 0.4) is 0 Å². The molecular weight excluding hydrogens is 291 g/mol. The number of esters is 1. The number of benzene rings is 1. The minimum absolute atomic E-state index is 0.107. The van der Waals surface area contributed by atoms with E-state index in [2.05, 4.69) is 9.97 Å². The second-order valence-corrected chi connectivity index (χ2v) is 5.17. The standard InChI is InChI=1S/C15H11FN2O2S/c16-11-5-3-10(4-6-11)14-18-12(9-21-14)8-20-15(19)13-2-1-7-17-13/h1-7,9,17H,8H2. The number of hydrogen-bond acceptors (Lipinski definition) is 4. The Balaban J connectivity index is 1.65. The summed E-state index contributed by atoms with van der Waals surface area (Å²) in [4.78, 5) is 18.8. The van der Waals surface area contributed by atoms with Gasteiger partial charge in [0.2, 0.25) is 0 Å². The van der Waals surface area contributed by atoms with Gasteiger partial charge in [0.05, 0.1) is 5.69 Å². The van der Waals surface area contributed by atoms with Crippen LogP contribution in [0.25, 0.3) is 10.6 Å². The highest BCUT2D eigenvalue weighted by atomic mass is 32.1. The number of H-pyrrole nitrogens is 1. The number of nitrogens with zero attached hydrogens (tertiary/aromatic N) is 1. The maximum atomic E-state index is 12.9. The van der Waals surface area contributed by atoms with Gasteiger partial charge in [0.15, 0.2) is 0 Å². The van der Waals surface area contributed by atoms with E-state index < -0.39 is 5.97 Å². The molecule has 3 rings (SSSR count). The van der Waals surface area contributed by atoms with Crippen LogP contribution in [-0.2, 0) is 11.3 Å². The van der Waals surface area contributed by atoms with E-state index in [0.29, 0.717) is 11.4 Å². The van der Waals surface area contributed by atoms with Gasteiger partial charge in [-0.3, -0.25) is 0 Å². The van der Waals surface area contributed by atoms with Gasteiger partial charge in [-0.05, 0) is 36.4 Å². The molecule has 0 saturated carbocycles. The first-order chi connectivity index (χ1) is 10.2. The largest absolute Gasteiger partial charge is 0.454 e. The molecule has 0 spiro atoms. The number of hydrogen-bond donors (Lipinski definition) is 1. The van der Waals surface area contributed by atoms with Crippen molar-refractivity contribution < 1.29 is 13.9 Å². The van der Waals surface area contributed by atoms with Crippen molar-refractivity contribution in [3.8, 4) is 10.6 Å². The Bertz CT molecular complexity index is 735. The van der Waals surface area contributed by atoms with Gasteiger partial charge in [-0.25, -0.2) is 14.2 Å². The van der Waals surface area contributed by atoms with Crippen molar-refractivity contribution in [2.24, 2.45) is 0 Å². The van der Waals surface area contributed by atoms with Crippen LogP contribution in [0.4, 0.5) is 4.39 Å². The smallest absolute Gasteiger partial charge is 0.355 e. The third-order valence-corrected chi connectivity index (χ3v) is 3.75. The molecule has 2 aromatic heterocycles. The van der Waals surface area contributed by atoms with E-state index in [-0.39, 0.29) is 12.4 Å². The average molecular weight is 302 g/mol. The zero-order chi connectivity index (χ0) is 14.7. The molecule has 1 aromatic carbocycles. The van der Waals surface area contributed by atoms with Crippen LogP contribution in [0.2, 0.25) is 0 Å². The van der Waals surface area contributed by atoms with E-state index >= 15 is 0 Å². The van der Waals surface area contributed by atoms with Gasteiger partial charge in [-0.15, -0.1) is 11.3 Å². The summed E-state index contributed by atoms with van der Waals surface area (Å²) in [6, 6.07) is 9.49. The van der Waals surface area contributed by atoms with Crippen molar-refractivity contribution >= 4 is 17.3 Å². The van der Waals surface area contributed by atoms with Crippen LogP contribution >= 0.6 is 11.3 Å². The van der Waals surface area contributed by atoms with E-state index in [9.17, 15) is 9.18 Å². The van der Waals surface area contributed by atoms with Crippen LogP contribution in [0.5, 0.6) is 0 Å². The average Bonchev–Trinajstić information content (AvgIpc) is 3.17. The lowest BCUT2D eigenvalue weighted by Crippen LogP contribution is -2.05. The first-order valence-electron chi connectivity index (χ1n) is 6.23. The van der Waals surface area contributed by atoms with E-state index in [0.717, 1.165) is 10.6 Å². The minimum Gasteiger partial charge on any atom is -0.454 e. The van der Waals surface area contributed by atoms with Crippen LogP contribution in [-0.4, -0.2) is 15.9 Å². The summed E-state index contributed by atoms with van der Waals surface area (Å²) < 4.78 is 18.0. The lowest BCUT2D eigenvalue weighted by Gasteiger charge is -2.00. The Hall–Kier alpha value is -2.47. The number of aromatic nitrogens is 2. The normalized spacial score (nSPS) is 10.5. The molecule has 0 aliphatic heterocycles. The molecule has 0 saturated heterocycles. The van der Waals surface area contributed by atoms with Crippen molar-refractivity contribution in [1.29, 1.82) is 0 Å². The molecule has 0 fully saturated rings. The topological polar surface area (TPSA) is 55.0 Å². The highest BCUT2D eigenvalue weighted by molar-refractivity contribution is 7.13. The summed E-state index contributed by atoms with van der Waals surface area (Å²) in [6.07, 6.45) is 1.66. The Kier molecular flexibility index (Phi) is 3.79. The Morgan fingerprint density at radius 2 is 2.10 bits per heavy atom. The summed E-state index contributed by atoms with van der Waals surface area (Å²) in [7, 11) is 0. The molecule has 106 valence electrons. The van der Waals surface area contributed by atoms with Gasteiger partial charge in [-0.2, -0.15) is 0 Å². The number of nitrogens with one attached hydrogen (secondary N) is 1. The van der Waals surface area contributed by atoms with Crippen LogP contribution in [0.15, 0.2) is 48.0 Å². The van der Waals surface area contributed by atoms with Gasteiger partial charge in [-0.1, -0.05) is 0 Å². The Morgan fingerprint density at radius 1 is 1.29 bits per heavy atom. The van der Waals surface area contributed by atoms with Gasteiger partial charge < -0.3 is 9.72 Å². The van der Waals surface area contributed by atoms with Gasteiger partial charge in [0, 0.05) is 17.1 Å². The number of aromatic amines is 1. The third kappa shape index (κ3) is 3.17.